The number of benzene rings is 2. The average molecular weight is 608 g/mol. The van der Waals surface area contributed by atoms with E-state index < -0.39 is 5.97 Å². The van der Waals surface area contributed by atoms with Crippen molar-refractivity contribution in [2.75, 3.05) is 7.11 Å². The fraction of sp³-hybridized carbons (Fsp3) is 0.481. The van der Waals surface area contributed by atoms with E-state index in [4.69, 9.17) is 19.3 Å². The number of carbonyl (C=O) groups is 2. The minimum Gasteiger partial charge on any atom is -0.485 e. The van der Waals surface area contributed by atoms with Crippen molar-refractivity contribution < 1.29 is 28.9 Å². The molecule has 6 nitrogen and oxygen atoms in total. The quantitative estimate of drug-likeness (QED) is 0.375. The maximum absolute atomic E-state index is 11.6. The van der Waals surface area contributed by atoms with Gasteiger partial charge in [-0.2, -0.15) is 0 Å². The number of ether oxygens (including phenoxy) is 3. The summed E-state index contributed by atoms with van der Waals surface area (Å²) in [5.41, 5.74) is 2.99. The van der Waals surface area contributed by atoms with Crippen LogP contribution in [0.1, 0.15) is 83.2 Å². The van der Waals surface area contributed by atoms with E-state index in [0.29, 0.717) is 11.1 Å². The first-order chi connectivity index (χ1) is 16.7. The van der Waals surface area contributed by atoms with Crippen molar-refractivity contribution in [2.24, 2.45) is 0 Å². The molecule has 0 amide bonds. The maximum Gasteiger partial charge on any atom is 0.337 e. The highest BCUT2D eigenvalue weighted by atomic mass is 79.9. The first kappa shape index (κ1) is 24.6. The lowest BCUT2D eigenvalue weighted by molar-refractivity contribution is 0.0599. The molecule has 186 valence electrons. The van der Waals surface area contributed by atoms with Crippen molar-refractivity contribution in [3.8, 4) is 11.5 Å². The summed E-state index contributed by atoms with van der Waals surface area (Å²) in [6.45, 7) is 0. The zero-order valence-electron chi connectivity index (χ0n) is 19.6. The molecule has 0 unspecified atom stereocenters. The first-order valence-electron chi connectivity index (χ1n) is 12.1. The van der Waals surface area contributed by atoms with Gasteiger partial charge in [-0.1, -0.05) is 0 Å². The van der Waals surface area contributed by atoms with Crippen molar-refractivity contribution in [2.45, 2.75) is 75.4 Å². The molecule has 2 heterocycles. The molecular formula is C27H28Br2O6. The van der Waals surface area contributed by atoms with E-state index in [9.17, 15) is 9.59 Å². The summed E-state index contributed by atoms with van der Waals surface area (Å²) in [5, 5.41) is 9.04. The molecule has 0 radical (unpaired) electrons. The van der Waals surface area contributed by atoms with Gasteiger partial charge in [-0.25, -0.2) is 9.59 Å². The summed E-state index contributed by atoms with van der Waals surface area (Å²) in [7, 11) is 1.40. The van der Waals surface area contributed by atoms with Crippen LogP contribution in [0, 0.1) is 0 Å². The van der Waals surface area contributed by atoms with Crippen LogP contribution in [0.15, 0.2) is 33.2 Å². The predicted octanol–water partition coefficient (Wildman–Crippen LogP) is 6.88. The Morgan fingerprint density at radius 1 is 0.800 bits per heavy atom. The van der Waals surface area contributed by atoms with Gasteiger partial charge in [0.05, 0.1) is 27.2 Å². The van der Waals surface area contributed by atoms with Gasteiger partial charge in [0.1, 0.15) is 22.7 Å². The predicted molar refractivity (Wildman–Crippen MR) is 138 cm³/mol. The molecule has 2 fully saturated rings. The van der Waals surface area contributed by atoms with Crippen molar-refractivity contribution >= 4 is 43.8 Å². The highest BCUT2D eigenvalue weighted by Crippen LogP contribution is 2.49. The molecule has 0 saturated heterocycles. The van der Waals surface area contributed by atoms with E-state index >= 15 is 0 Å². The molecule has 8 heteroatoms. The number of carboxylic acids is 1. The molecule has 2 aliphatic carbocycles. The molecule has 1 N–H and O–H groups in total. The van der Waals surface area contributed by atoms with Crippen LogP contribution in [-0.4, -0.2) is 35.4 Å². The molecule has 4 aliphatic rings. The highest BCUT2D eigenvalue weighted by Gasteiger charge is 2.43. The summed E-state index contributed by atoms with van der Waals surface area (Å²) >= 11 is 6.90. The van der Waals surface area contributed by atoms with Gasteiger partial charge in [-0.3, -0.25) is 0 Å². The molecule has 2 aromatic carbocycles. The van der Waals surface area contributed by atoms with Crippen LogP contribution in [0.4, 0.5) is 0 Å². The van der Waals surface area contributed by atoms with Gasteiger partial charge in [0.15, 0.2) is 0 Å². The smallest absolute Gasteiger partial charge is 0.337 e. The van der Waals surface area contributed by atoms with Crippen LogP contribution in [0.5, 0.6) is 11.5 Å². The van der Waals surface area contributed by atoms with Gasteiger partial charge >= 0.3 is 11.9 Å². The summed E-state index contributed by atoms with van der Waals surface area (Å²) in [6.07, 6.45) is 11.0. The maximum atomic E-state index is 11.6. The number of hydrogen-bond donors (Lipinski definition) is 1. The minimum absolute atomic E-state index is 0.0143. The first-order valence-corrected chi connectivity index (χ1v) is 13.7. The molecule has 2 spiro atoms. The monoisotopic (exact) mass is 606 g/mol. The fourth-order valence-electron chi connectivity index (χ4n) is 5.95. The molecule has 0 atom stereocenters. The van der Waals surface area contributed by atoms with Crippen molar-refractivity contribution in [1.82, 2.24) is 0 Å². The number of methoxy groups -OCH3 is 1. The van der Waals surface area contributed by atoms with Crippen LogP contribution in [0.3, 0.4) is 0 Å². The number of esters is 1. The third-order valence-electron chi connectivity index (χ3n) is 7.60. The zero-order valence-corrected chi connectivity index (χ0v) is 22.8. The number of rotatable bonds is 2. The Morgan fingerprint density at radius 2 is 1.23 bits per heavy atom. The van der Waals surface area contributed by atoms with Gasteiger partial charge < -0.3 is 19.3 Å². The van der Waals surface area contributed by atoms with E-state index in [0.717, 1.165) is 70.1 Å². The normalized spacial score (nSPS) is 20.0. The van der Waals surface area contributed by atoms with E-state index in [-0.39, 0.29) is 17.2 Å². The molecule has 2 saturated carbocycles. The van der Waals surface area contributed by atoms with Crippen molar-refractivity contribution in [1.29, 1.82) is 0 Å². The molecule has 2 aliphatic heterocycles. The lowest BCUT2D eigenvalue weighted by atomic mass is 9.95. The van der Waals surface area contributed by atoms with Crippen LogP contribution in [0.25, 0.3) is 0 Å². The average Bonchev–Trinajstić information content (AvgIpc) is 3.62. The molecule has 0 bridgehead atoms. The summed E-state index contributed by atoms with van der Waals surface area (Å²) < 4.78 is 18.6. The SMILES string of the molecule is COC(=O)c1cc(Br)c2c(c1)CC1(CCCC1)O2.O=C(O)c1cc(Br)c2c(c1)CC1(CCCC1)O2. The number of hydrogen-bond acceptors (Lipinski definition) is 5. The summed E-state index contributed by atoms with van der Waals surface area (Å²) in [5.74, 6) is 0.563. The van der Waals surface area contributed by atoms with Gasteiger partial charge in [0.2, 0.25) is 0 Å². The Bertz CT molecular complexity index is 1180. The third-order valence-corrected chi connectivity index (χ3v) is 8.78. The third kappa shape index (κ3) is 4.71. The zero-order chi connectivity index (χ0) is 24.8. The van der Waals surface area contributed by atoms with Gasteiger partial charge in [-0.05, 0) is 107 Å². The van der Waals surface area contributed by atoms with E-state index in [1.807, 2.05) is 6.07 Å². The van der Waals surface area contributed by atoms with Gasteiger partial charge in [0.25, 0.3) is 0 Å². The molecule has 2 aromatic rings. The second kappa shape index (κ2) is 9.43. The number of fused-ring (bicyclic) bond motifs is 2. The standard InChI is InChI=1S/C14H15BrO3.C13H13BrO3/c1-17-13(16)9-6-10-8-14(4-2-3-5-14)18-12(10)11(15)7-9;14-10-6-8(12(15)16)5-9-7-13(17-11(9)10)3-1-2-4-13/h6-7H,2-5,8H2,1H3;5-6H,1-4,7H2,(H,15,16). The Labute approximate surface area is 221 Å². The molecule has 0 aromatic heterocycles. The van der Waals surface area contributed by atoms with Gasteiger partial charge in [0, 0.05) is 24.0 Å². The Morgan fingerprint density at radius 3 is 1.66 bits per heavy atom. The number of carbonyl (C=O) groups excluding carboxylic acids is 1. The molecule has 6 rings (SSSR count). The second-order valence-corrected chi connectivity index (χ2v) is 11.7. The summed E-state index contributed by atoms with van der Waals surface area (Å²) in [4.78, 5) is 22.6. The Balaban J connectivity index is 0.000000145. The van der Waals surface area contributed by atoms with Crippen LogP contribution < -0.4 is 9.47 Å². The number of halogens is 2. The van der Waals surface area contributed by atoms with Crippen LogP contribution in [0.2, 0.25) is 0 Å². The van der Waals surface area contributed by atoms with Gasteiger partial charge in [-0.15, -0.1) is 0 Å². The Hall–Kier alpha value is -2.06. The number of carboxylic acid groups (broad SMARTS) is 1. The fourth-order valence-corrected chi connectivity index (χ4v) is 7.11. The lowest BCUT2D eigenvalue weighted by Crippen LogP contribution is -2.29. The highest BCUT2D eigenvalue weighted by molar-refractivity contribution is 9.11. The summed E-state index contributed by atoms with van der Waals surface area (Å²) in [6, 6.07) is 7.04. The van der Waals surface area contributed by atoms with Crippen molar-refractivity contribution in [3.63, 3.8) is 0 Å². The topological polar surface area (TPSA) is 82.1 Å². The van der Waals surface area contributed by atoms with E-state index in [1.54, 1.807) is 18.2 Å². The molecular weight excluding hydrogens is 580 g/mol. The Kier molecular flexibility index (Phi) is 6.64. The van der Waals surface area contributed by atoms with E-state index in [2.05, 4.69) is 31.9 Å². The van der Waals surface area contributed by atoms with E-state index in [1.165, 1.54) is 32.8 Å². The number of aromatic carboxylic acids is 1. The van der Waals surface area contributed by atoms with Crippen molar-refractivity contribution in [3.05, 3.63) is 55.5 Å². The van der Waals surface area contributed by atoms with Crippen LogP contribution in [-0.2, 0) is 17.6 Å². The lowest BCUT2D eigenvalue weighted by Gasteiger charge is -2.22. The van der Waals surface area contributed by atoms with Crippen LogP contribution >= 0.6 is 31.9 Å². The minimum atomic E-state index is -0.888. The molecule has 35 heavy (non-hydrogen) atoms. The second-order valence-electron chi connectivity index (χ2n) is 10.0. The largest absolute Gasteiger partial charge is 0.485 e.